The average Bonchev–Trinajstić information content (AvgIpc) is 2.88. The maximum absolute atomic E-state index is 12.5. The number of thioether (sulfide) groups is 1. The Morgan fingerprint density at radius 2 is 2.15 bits per heavy atom. The quantitative estimate of drug-likeness (QED) is 0.492. The number of rotatable bonds is 5. The van der Waals surface area contributed by atoms with Crippen molar-refractivity contribution in [1.82, 2.24) is 5.32 Å². The van der Waals surface area contributed by atoms with Crippen LogP contribution in [0.25, 0.3) is 0 Å². The summed E-state index contributed by atoms with van der Waals surface area (Å²) in [6.07, 6.45) is 0.304. The number of nitrogen functional groups attached to an aromatic ring is 1. The minimum absolute atomic E-state index is 0.212. The van der Waals surface area contributed by atoms with E-state index < -0.39 is 11.7 Å². The van der Waals surface area contributed by atoms with Crippen LogP contribution in [0.2, 0.25) is 0 Å². The highest BCUT2D eigenvalue weighted by atomic mass is 32.2. The molecule has 20 heavy (non-hydrogen) atoms. The smallest absolute Gasteiger partial charge is 0.398 e. The minimum atomic E-state index is -4.33. The lowest BCUT2D eigenvalue weighted by molar-refractivity contribution is -0.137. The molecule has 3 N–H and O–H groups in total. The van der Waals surface area contributed by atoms with E-state index in [1.54, 1.807) is 0 Å². The molecule has 0 aromatic heterocycles. The van der Waals surface area contributed by atoms with Crippen molar-refractivity contribution in [2.24, 2.45) is 0 Å². The first-order chi connectivity index (χ1) is 9.47. The molecule has 0 saturated carbocycles. The first-order valence-electron chi connectivity index (χ1n) is 6.80. The van der Waals surface area contributed by atoms with Crippen LogP contribution in [-0.2, 0) is 6.18 Å². The van der Waals surface area contributed by atoms with E-state index in [0.717, 1.165) is 42.2 Å². The first-order valence-corrected chi connectivity index (χ1v) is 7.78. The summed E-state index contributed by atoms with van der Waals surface area (Å²) in [6, 6.07) is 4.19. The second-order valence-electron chi connectivity index (χ2n) is 5.03. The Kier molecular flexibility index (Phi) is 5.21. The maximum atomic E-state index is 12.5. The molecule has 0 amide bonds. The summed E-state index contributed by atoms with van der Waals surface area (Å²) in [7, 11) is 0. The fourth-order valence-electron chi connectivity index (χ4n) is 2.37. The number of hydrogen-bond acceptors (Lipinski definition) is 3. The van der Waals surface area contributed by atoms with Gasteiger partial charge in [0.05, 0.1) is 5.56 Å². The highest BCUT2D eigenvalue weighted by Gasteiger charge is 2.30. The van der Waals surface area contributed by atoms with Gasteiger partial charge in [-0.1, -0.05) is 0 Å². The summed E-state index contributed by atoms with van der Waals surface area (Å²) >= 11 is 1.53. The first kappa shape index (κ1) is 15.5. The van der Waals surface area contributed by atoms with Gasteiger partial charge in [-0.2, -0.15) is 13.2 Å². The molecule has 0 radical (unpaired) electrons. The van der Waals surface area contributed by atoms with Gasteiger partial charge in [0.1, 0.15) is 0 Å². The Labute approximate surface area is 121 Å². The molecular formula is C14H19F3N2S. The lowest BCUT2D eigenvalue weighted by Crippen LogP contribution is -2.20. The van der Waals surface area contributed by atoms with E-state index in [1.165, 1.54) is 30.7 Å². The molecule has 1 fully saturated rings. The second kappa shape index (κ2) is 6.72. The molecule has 0 aliphatic carbocycles. The number of anilines is 1. The Hall–Kier alpha value is -0.880. The van der Waals surface area contributed by atoms with E-state index in [9.17, 15) is 13.2 Å². The molecule has 2 rings (SSSR count). The Morgan fingerprint density at radius 3 is 2.75 bits per heavy atom. The van der Waals surface area contributed by atoms with Gasteiger partial charge in [-0.15, -0.1) is 11.8 Å². The number of hydrogen-bond donors (Lipinski definition) is 2. The maximum Gasteiger partial charge on any atom is 0.416 e. The number of nitrogens with one attached hydrogen (secondary N) is 1. The van der Waals surface area contributed by atoms with Crippen molar-refractivity contribution in [3.63, 3.8) is 0 Å². The third kappa shape index (κ3) is 4.31. The van der Waals surface area contributed by atoms with Crippen LogP contribution in [0.3, 0.4) is 0 Å². The third-order valence-corrected chi connectivity index (χ3v) is 4.63. The van der Waals surface area contributed by atoms with Crippen LogP contribution in [-0.4, -0.2) is 18.3 Å². The van der Waals surface area contributed by atoms with E-state index in [1.807, 2.05) is 0 Å². The van der Waals surface area contributed by atoms with Crippen molar-refractivity contribution in [3.8, 4) is 0 Å². The molecular weight excluding hydrogens is 285 g/mol. The zero-order valence-electron chi connectivity index (χ0n) is 11.2. The van der Waals surface area contributed by atoms with E-state index in [0.29, 0.717) is 6.04 Å². The van der Waals surface area contributed by atoms with E-state index in [-0.39, 0.29) is 5.69 Å². The molecule has 1 aliphatic heterocycles. The van der Waals surface area contributed by atoms with Crippen LogP contribution in [0, 0.1) is 0 Å². The number of halogens is 3. The zero-order valence-corrected chi connectivity index (χ0v) is 12.0. The van der Waals surface area contributed by atoms with Crippen LogP contribution < -0.4 is 11.1 Å². The van der Waals surface area contributed by atoms with Gasteiger partial charge in [0.15, 0.2) is 0 Å². The van der Waals surface area contributed by atoms with Crippen LogP contribution in [0.15, 0.2) is 23.1 Å². The van der Waals surface area contributed by atoms with Gasteiger partial charge in [-0.25, -0.2) is 0 Å². The molecule has 0 bridgehead atoms. The molecule has 1 atom stereocenters. The summed E-state index contributed by atoms with van der Waals surface area (Å²) in [6.45, 7) is 1.10. The van der Waals surface area contributed by atoms with Crippen LogP contribution >= 0.6 is 11.8 Å². The van der Waals surface area contributed by atoms with Gasteiger partial charge in [0.25, 0.3) is 0 Å². The topological polar surface area (TPSA) is 38.0 Å². The molecule has 1 saturated heterocycles. The Balaban J connectivity index is 1.80. The van der Waals surface area contributed by atoms with Crippen molar-refractivity contribution in [2.45, 2.75) is 42.8 Å². The molecule has 112 valence electrons. The molecule has 1 heterocycles. The summed E-state index contributed by atoms with van der Waals surface area (Å²) in [5.41, 5.74) is 5.22. The van der Waals surface area contributed by atoms with Gasteiger partial charge in [0.2, 0.25) is 0 Å². The van der Waals surface area contributed by atoms with Gasteiger partial charge in [-0.05, 0) is 56.2 Å². The van der Waals surface area contributed by atoms with Crippen molar-refractivity contribution < 1.29 is 13.2 Å². The van der Waals surface area contributed by atoms with Crippen LogP contribution in [0.4, 0.5) is 18.9 Å². The number of benzene rings is 1. The molecule has 1 unspecified atom stereocenters. The molecule has 1 aromatic rings. The lowest BCUT2D eigenvalue weighted by Gasteiger charge is -2.12. The third-order valence-electron chi connectivity index (χ3n) is 3.45. The molecule has 1 aliphatic rings. The van der Waals surface area contributed by atoms with Crippen molar-refractivity contribution in [2.75, 3.05) is 18.0 Å². The van der Waals surface area contributed by atoms with Gasteiger partial charge in [0, 0.05) is 16.6 Å². The second-order valence-corrected chi connectivity index (χ2v) is 6.17. The summed E-state index contributed by atoms with van der Waals surface area (Å²) in [5, 5.41) is 3.43. The van der Waals surface area contributed by atoms with Gasteiger partial charge >= 0.3 is 6.18 Å². The summed E-state index contributed by atoms with van der Waals surface area (Å²) < 4.78 is 37.5. The largest absolute Gasteiger partial charge is 0.416 e. The zero-order chi connectivity index (χ0) is 14.6. The highest BCUT2D eigenvalue weighted by molar-refractivity contribution is 7.99. The van der Waals surface area contributed by atoms with E-state index >= 15 is 0 Å². The molecule has 6 heteroatoms. The Bertz CT molecular complexity index is 443. The summed E-state index contributed by atoms with van der Waals surface area (Å²) in [5.74, 6) is 0.883. The van der Waals surface area contributed by atoms with Gasteiger partial charge in [-0.3, -0.25) is 0 Å². The molecule has 1 aromatic carbocycles. The average molecular weight is 304 g/mol. The van der Waals surface area contributed by atoms with E-state index in [4.69, 9.17) is 5.73 Å². The minimum Gasteiger partial charge on any atom is -0.398 e. The molecule has 0 spiro atoms. The summed E-state index contributed by atoms with van der Waals surface area (Å²) in [4.78, 5) is 0.734. The predicted octanol–water partition coefficient (Wildman–Crippen LogP) is 3.91. The standard InChI is InChI=1S/C14H19F3N2S/c15-14(16,17)10-5-6-13(12(18)9-10)20-8-2-4-11-3-1-7-19-11/h5-6,9,11,19H,1-4,7-8,18H2. The van der Waals surface area contributed by atoms with E-state index in [2.05, 4.69) is 5.32 Å². The monoisotopic (exact) mass is 304 g/mol. The number of nitrogens with two attached hydrogens (primary N) is 1. The highest BCUT2D eigenvalue weighted by Crippen LogP contribution is 2.34. The SMILES string of the molecule is Nc1cc(C(F)(F)F)ccc1SCCCC1CCCN1. The fourth-order valence-corrected chi connectivity index (χ4v) is 3.29. The van der Waals surface area contributed by atoms with Crippen molar-refractivity contribution in [3.05, 3.63) is 23.8 Å². The number of alkyl halides is 3. The molecule has 2 nitrogen and oxygen atoms in total. The Morgan fingerprint density at radius 1 is 1.35 bits per heavy atom. The van der Waals surface area contributed by atoms with Crippen molar-refractivity contribution >= 4 is 17.4 Å². The lowest BCUT2D eigenvalue weighted by atomic mass is 10.1. The van der Waals surface area contributed by atoms with Crippen LogP contribution in [0.5, 0.6) is 0 Å². The fraction of sp³-hybridized carbons (Fsp3) is 0.571. The van der Waals surface area contributed by atoms with Crippen molar-refractivity contribution in [1.29, 1.82) is 0 Å². The van der Waals surface area contributed by atoms with Gasteiger partial charge < -0.3 is 11.1 Å². The normalized spacial score (nSPS) is 19.4. The predicted molar refractivity (Wildman–Crippen MR) is 76.8 cm³/mol. The van der Waals surface area contributed by atoms with Crippen LogP contribution in [0.1, 0.15) is 31.2 Å².